The summed E-state index contributed by atoms with van der Waals surface area (Å²) in [5, 5.41) is 2.93. The Balaban J connectivity index is 0. The molecule has 0 fully saturated rings. The SMILES string of the molecule is CCC.CCC1=C(CC)CN(C)C(C)=C1.CCNC. The molecule has 0 atom stereocenters. The second-order valence-corrected chi connectivity index (χ2v) is 4.89. The van der Waals surface area contributed by atoms with Gasteiger partial charge in [-0.15, -0.1) is 0 Å². The van der Waals surface area contributed by atoms with Gasteiger partial charge in [-0.3, -0.25) is 0 Å². The summed E-state index contributed by atoms with van der Waals surface area (Å²) in [5.74, 6) is 0. The number of likely N-dealkylation sites (N-methyl/N-ethyl adjacent to an activating group) is 1. The van der Waals surface area contributed by atoms with Gasteiger partial charge >= 0.3 is 0 Å². The second kappa shape index (κ2) is 13.7. The van der Waals surface area contributed by atoms with E-state index in [1.165, 1.54) is 25.0 Å². The van der Waals surface area contributed by atoms with Crippen LogP contribution in [0, 0.1) is 0 Å². The molecule has 1 heterocycles. The van der Waals surface area contributed by atoms with Gasteiger partial charge in [0.05, 0.1) is 0 Å². The van der Waals surface area contributed by atoms with Gasteiger partial charge in [-0.05, 0) is 50.6 Å². The van der Waals surface area contributed by atoms with E-state index < -0.39 is 0 Å². The summed E-state index contributed by atoms with van der Waals surface area (Å²) in [6.07, 6.45) is 5.94. The highest BCUT2D eigenvalue weighted by Gasteiger charge is 2.11. The molecule has 114 valence electrons. The predicted octanol–water partition coefficient (Wildman–Crippen LogP) is 4.59. The molecule has 0 spiro atoms. The first kappa shape index (κ1) is 20.6. The molecule has 0 saturated carbocycles. The zero-order valence-electron chi connectivity index (χ0n) is 14.6. The second-order valence-electron chi connectivity index (χ2n) is 4.89. The Bertz CT molecular complexity index is 262. The fraction of sp³-hybridized carbons (Fsp3) is 0.765. The van der Waals surface area contributed by atoms with Gasteiger partial charge in [0.2, 0.25) is 0 Å². The molecule has 1 aliphatic rings. The standard InChI is InChI=1S/C11H19N.C3H9N.C3H8/c1-5-10-7-9(3)12(4)8-11(10)6-2;1-3-4-2;1-3-2/h7H,5-6,8H2,1-4H3;4H,3H2,1-2H3;3H2,1-2H3. The maximum absolute atomic E-state index is 2.93. The van der Waals surface area contributed by atoms with Gasteiger partial charge < -0.3 is 10.2 Å². The highest BCUT2D eigenvalue weighted by Crippen LogP contribution is 2.22. The van der Waals surface area contributed by atoms with Crippen molar-refractivity contribution in [3.05, 3.63) is 22.9 Å². The summed E-state index contributed by atoms with van der Waals surface area (Å²) >= 11 is 0. The molecule has 1 rings (SSSR count). The zero-order chi connectivity index (χ0) is 15.3. The van der Waals surface area contributed by atoms with Crippen LogP contribution in [-0.4, -0.2) is 32.1 Å². The molecule has 0 bridgehead atoms. The molecular weight excluding hydrogens is 232 g/mol. The quantitative estimate of drug-likeness (QED) is 0.805. The Morgan fingerprint density at radius 1 is 1.11 bits per heavy atom. The molecule has 0 aliphatic carbocycles. The summed E-state index contributed by atoms with van der Waals surface area (Å²) < 4.78 is 0. The van der Waals surface area contributed by atoms with Crippen LogP contribution in [0.4, 0.5) is 0 Å². The minimum atomic E-state index is 1.07. The third-order valence-electron chi connectivity index (χ3n) is 3.03. The lowest BCUT2D eigenvalue weighted by atomic mass is 9.98. The van der Waals surface area contributed by atoms with Crippen molar-refractivity contribution < 1.29 is 0 Å². The van der Waals surface area contributed by atoms with Crippen molar-refractivity contribution in [3.63, 3.8) is 0 Å². The fourth-order valence-corrected chi connectivity index (χ4v) is 1.67. The van der Waals surface area contributed by atoms with E-state index in [1.807, 2.05) is 7.05 Å². The van der Waals surface area contributed by atoms with Crippen molar-refractivity contribution in [3.8, 4) is 0 Å². The summed E-state index contributed by atoms with van der Waals surface area (Å²) in [4.78, 5) is 2.32. The minimum Gasteiger partial charge on any atom is -0.374 e. The van der Waals surface area contributed by atoms with E-state index in [0.29, 0.717) is 0 Å². The van der Waals surface area contributed by atoms with Gasteiger partial charge in [0, 0.05) is 19.3 Å². The molecular formula is C17H36N2. The lowest BCUT2D eigenvalue weighted by Crippen LogP contribution is -2.23. The van der Waals surface area contributed by atoms with E-state index in [0.717, 1.165) is 13.1 Å². The van der Waals surface area contributed by atoms with E-state index in [9.17, 15) is 0 Å². The molecule has 19 heavy (non-hydrogen) atoms. The smallest absolute Gasteiger partial charge is 0.0388 e. The third-order valence-corrected chi connectivity index (χ3v) is 3.03. The van der Waals surface area contributed by atoms with Gasteiger partial charge in [-0.25, -0.2) is 0 Å². The van der Waals surface area contributed by atoms with E-state index >= 15 is 0 Å². The number of allylic oxidation sites excluding steroid dienone is 3. The van der Waals surface area contributed by atoms with Crippen LogP contribution in [0.5, 0.6) is 0 Å². The van der Waals surface area contributed by atoms with Crippen molar-refractivity contribution in [2.24, 2.45) is 0 Å². The molecule has 0 unspecified atom stereocenters. The van der Waals surface area contributed by atoms with E-state index in [1.54, 1.807) is 11.1 Å². The normalized spacial score (nSPS) is 14.1. The van der Waals surface area contributed by atoms with E-state index in [-0.39, 0.29) is 0 Å². The Kier molecular flexibility index (Phi) is 14.8. The molecule has 2 nitrogen and oxygen atoms in total. The highest BCUT2D eigenvalue weighted by molar-refractivity contribution is 5.32. The van der Waals surface area contributed by atoms with Crippen molar-refractivity contribution in [2.45, 2.75) is 60.8 Å². The molecule has 0 aromatic heterocycles. The Morgan fingerprint density at radius 2 is 1.58 bits per heavy atom. The number of nitrogens with zero attached hydrogens (tertiary/aromatic N) is 1. The number of rotatable bonds is 3. The average Bonchev–Trinajstić information content (AvgIpc) is 2.42. The van der Waals surface area contributed by atoms with Gasteiger partial charge in [0.25, 0.3) is 0 Å². The first-order valence-electron chi connectivity index (χ1n) is 7.76. The van der Waals surface area contributed by atoms with Crippen molar-refractivity contribution in [1.82, 2.24) is 10.2 Å². The van der Waals surface area contributed by atoms with Gasteiger partial charge in [-0.1, -0.05) is 41.0 Å². The topological polar surface area (TPSA) is 15.3 Å². The van der Waals surface area contributed by atoms with E-state index in [2.05, 4.69) is 64.9 Å². The summed E-state index contributed by atoms with van der Waals surface area (Å²) in [6, 6.07) is 0. The first-order chi connectivity index (χ1) is 9.01. The van der Waals surface area contributed by atoms with Crippen LogP contribution in [0.2, 0.25) is 0 Å². The monoisotopic (exact) mass is 268 g/mol. The summed E-state index contributed by atoms with van der Waals surface area (Å²) in [7, 11) is 4.09. The molecule has 0 saturated heterocycles. The van der Waals surface area contributed by atoms with Gasteiger partial charge in [0.1, 0.15) is 0 Å². The van der Waals surface area contributed by atoms with Crippen molar-refractivity contribution in [2.75, 3.05) is 27.2 Å². The number of nitrogens with one attached hydrogen (secondary N) is 1. The summed E-state index contributed by atoms with van der Waals surface area (Å²) in [6.45, 7) is 15.2. The molecule has 0 radical (unpaired) electrons. The van der Waals surface area contributed by atoms with Crippen LogP contribution in [0.15, 0.2) is 22.9 Å². The number of hydrogen-bond acceptors (Lipinski definition) is 2. The lowest BCUT2D eigenvalue weighted by Gasteiger charge is -2.27. The fourth-order valence-electron chi connectivity index (χ4n) is 1.67. The Hall–Kier alpha value is -0.760. The van der Waals surface area contributed by atoms with Crippen molar-refractivity contribution >= 4 is 0 Å². The minimum absolute atomic E-state index is 1.07. The zero-order valence-corrected chi connectivity index (χ0v) is 14.6. The number of hydrogen-bond donors (Lipinski definition) is 1. The van der Waals surface area contributed by atoms with E-state index in [4.69, 9.17) is 0 Å². The Morgan fingerprint density at radius 3 is 1.89 bits per heavy atom. The Labute approximate surface area is 122 Å². The highest BCUT2D eigenvalue weighted by atomic mass is 15.1. The predicted molar refractivity (Wildman–Crippen MR) is 89.6 cm³/mol. The summed E-state index contributed by atoms with van der Waals surface area (Å²) in [5.41, 5.74) is 4.54. The van der Waals surface area contributed by atoms with Crippen LogP contribution in [0.25, 0.3) is 0 Å². The molecule has 0 amide bonds. The van der Waals surface area contributed by atoms with Crippen LogP contribution >= 0.6 is 0 Å². The van der Waals surface area contributed by atoms with Crippen LogP contribution in [-0.2, 0) is 0 Å². The molecule has 1 aliphatic heterocycles. The van der Waals surface area contributed by atoms with Crippen LogP contribution < -0.4 is 5.32 Å². The molecule has 1 N–H and O–H groups in total. The van der Waals surface area contributed by atoms with Gasteiger partial charge in [0.15, 0.2) is 0 Å². The maximum Gasteiger partial charge on any atom is 0.0388 e. The first-order valence-corrected chi connectivity index (χ1v) is 7.76. The van der Waals surface area contributed by atoms with Crippen LogP contribution in [0.1, 0.15) is 60.8 Å². The van der Waals surface area contributed by atoms with Crippen molar-refractivity contribution in [1.29, 1.82) is 0 Å². The third kappa shape index (κ3) is 9.77. The molecule has 0 aromatic carbocycles. The molecule has 2 heteroatoms. The van der Waals surface area contributed by atoms with Crippen LogP contribution in [0.3, 0.4) is 0 Å². The van der Waals surface area contributed by atoms with Gasteiger partial charge in [-0.2, -0.15) is 0 Å². The lowest BCUT2D eigenvalue weighted by molar-refractivity contribution is 0.439. The molecule has 0 aromatic rings. The maximum atomic E-state index is 2.93. The average molecular weight is 268 g/mol. The largest absolute Gasteiger partial charge is 0.374 e.